The molecule has 3 heterocycles. The predicted octanol–water partition coefficient (Wildman–Crippen LogP) is 0.363. The lowest BCUT2D eigenvalue weighted by Gasteiger charge is -2.38. The Hall–Kier alpha value is -1.90. The van der Waals surface area contributed by atoms with Crippen molar-refractivity contribution in [3.63, 3.8) is 0 Å². The molecule has 6 nitrogen and oxygen atoms in total. The van der Waals surface area contributed by atoms with E-state index in [9.17, 15) is 18.0 Å². The zero-order valence-electron chi connectivity index (χ0n) is 11.8. The van der Waals surface area contributed by atoms with Gasteiger partial charge in [-0.25, -0.2) is 9.97 Å². The number of nitrogens with zero attached hydrogens (tertiary/aromatic N) is 4. The van der Waals surface area contributed by atoms with Crippen molar-refractivity contribution in [2.24, 2.45) is 5.92 Å². The molecule has 0 saturated carbocycles. The van der Waals surface area contributed by atoms with Crippen LogP contribution in [0.5, 0.6) is 0 Å². The summed E-state index contributed by atoms with van der Waals surface area (Å²) in [5, 5.41) is 3.06. The Morgan fingerprint density at radius 2 is 1.73 bits per heavy atom. The van der Waals surface area contributed by atoms with Crippen molar-refractivity contribution in [3.8, 4) is 0 Å². The Balaban J connectivity index is 1.58. The lowest BCUT2D eigenvalue weighted by atomic mass is 10.0. The molecule has 0 aliphatic carbocycles. The average Bonchev–Trinajstić information content (AvgIpc) is 2.45. The minimum atomic E-state index is -4.43. The van der Waals surface area contributed by atoms with Crippen LogP contribution in [0.1, 0.15) is 5.56 Å². The Morgan fingerprint density at radius 1 is 1.14 bits per heavy atom. The summed E-state index contributed by atoms with van der Waals surface area (Å²) in [5.74, 6) is 0.478. The van der Waals surface area contributed by atoms with E-state index in [4.69, 9.17) is 0 Å². The monoisotopic (exact) mass is 315 g/mol. The molecule has 1 aromatic rings. The summed E-state index contributed by atoms with van der Waals surface area (Å²) in [6.07, 6.45) is -2.85. The fourth-order valence-electron chi connectivity index (χ4n) is 2.48. The first-order valence-electron chi connectivity index (χ1n) is 7.09. The van der Waals surface area contributed by atoms with E-state index < -0.39 is 11.7 Å². The second-order valence-electron chi connectivity index (χ2n) is 5.44. The molecule has 2 aliphatic heterocycles. The maximum absolute atomic E-state index is 12.5. The number of carbonyl (C=O) groups is 1. The normalized spacial score (nSPS) is 20.0. The molecule has 3 rings (SSSR count). The Labute approximate surface area is 125 Å². The number of aromatic nitrogens is 2. The van der Waals surface area contributed by atoms with Gasteiger partial charge in [0.05, 0.1) is 11.5 Å². The molecule has 0 atom stereocenters. The van der Waals surface area contributed by atoms with Crippen LogP contribution in [-0.4, -0.2) is 60.0 Å². The van der Waals surface area contributed by atoms with Crippen molar-refractivity contribution in [2.75, 3.05) is 44.2 Å². The Bertz CT molecular complexity index is 536. The van der Waals surface area contributed by atoms with Gasteiger partial charge in [0.15, 0.2) is 0 Å². The maximum Gasteiger partial charge on any atom is 0.419 e. The highest BCUT2D eigenvalue weighted by Crippen LogP contribution is 2.28. The zero-order chi connectivity index (χ0) is 15.7. The SMILES string of the molecule is O=C(C1CNC1)N1CCN(c2ncc(C(F)(F)F)cn2)CC1. The standard InChI is InChI=1S/C13H16F3N5O/c14-13(15,16)10-7-18-12(19-8-10)21-3-1-20(2-4-21)11(22)9-5-17-6-9/h7-9,17H,1-6H2. The minimum absolute atomic E-state index is 0.0638. The summed E-state index contributed by atoms with van der Waals surface area (Å²) >= 11 is 0. The van der Waals surface area contributed by atoms with Crippen LogP contribution in [0.4, 0.5) is 19.1 Å². The number of anilines is 1. The molecule has 0 unspecified atom stereocenters. The largest absolute Gasteiger partial charge is 0.419 e. The van der Waals surface area contributed by atoms with E-state index in [-0.39, 0.29) is 17.8 Å². The molecule has 0 radical (unpaired) electrons. The number of hydrogen-bond acceptors (Lipinski definition) is 5. The molecule has 2 saturated heterocycles. The quantitative estimate of drug-likeness (QED) is 0.854. The summed E-state index contributed by atoms with van der Waals surface area (Å²) in [7, 11) is 0. The highest BCUT2D eigenvalue weighted by atomic mass is 19.4. The van der Waals surface area contributed by atoms with Crippen molar-refractivity contribution >= 4 is 11.9 Å². The lowest BCUT2D eigenvalue weighted by Crippen LogP contribution is -2.56. The molecule has 1 amide bonds. The minimum Gasteiger partial charge on any atom is -0.339 e. The Kier molecular flexibility index (Phi) is 3.90. The molecule has 0 bridgehead atoms. The molecule has 2 aliphatic rings. The van der Waals surface area contributed by atoms with Crippen molar-refractivity contribution in [2.45, 2.75) is 6.18 Å². The molecular weight excluding hydrogens is 299 g/mol. The van der Waals surface area contributed by atoms with Crippen LogP contribution in [0.25, 0.3) is 0 Å². The molecule has 9 heteroatoms. The van der Waals surface area contributed by atoms with Crippen LogP contribution < -0.4 is 10.2 Å². The maximum atomic E-state index is 12.5. The molecule has 0 spiro atoms. The van der Waals surface area contributed by atoms with E-state index in [2.05, 4.69) is 15.3 Å². The van der Waals surface area contributed by atoms with Gasteiger partial charge in [-0.05, 0) is 0 Å². The lowest BCUT2D eigenvalue weighted by molar-refractivity contribution is -0.138. The first-order chi connectivity index (χ1) is 10.4. The number of nitrogens with one attached hydrogen (secondary N) is 1. The van der Waals surface area contributed by atoms with Gasteiger partial charge in [0.2, 0.25) is 11.9 Å². The van der Waals surface area contributed by atoms with Crippen LogP contribution in [0.15, 0.2) is 12.4 Å². The van der Waals surface area contributed by atoms with Crippen molar-refractivity contribution in [3.05, 3.63) is 18.0 Å². The van der Waals surface area contributed by atoms with Gasteiger partial charge in [-0.3, -0.25) is 4.79 Å². The van der Waals surface area contributed by atoms with E-state index in [1.165, 1.54) is 0 Å². The van der Waals surface area contributed by atoms with Crippen molar-refractivity contribution in [1.82, 2.24) is 20.2 Å². The third kappa shape index (κ3) is 2.99. The fourth-order valence-corrected chi connectivity index (χ4v) is 2.48. The zero-order valence-corrected chi connectivity index (χ0v) is 11.8. The predicted molar refractivity (Wildman–Crippen MR) is 72.2 cm³/mol. The number of halogens is 3. The molecule has 120 valence electrons. The summed E-state index contributed by atoms with van der Waals surface area (Å²) in [4.78, 5) is 23.2. The third-order valence-electron chi connectivity index (χ3n) is 3.97. The van der Waals surface area contributed by atoms with E-state index in [0.29, 0.717) is 26.2 Å². The number of hydrogen-bond donors (Lipinski definition) is 1. The molecule has 1 aromatic heterocycles. The van der Waals surface area contributed by atoms with Gasteiger partial charge in [-0.2, -0.15) is 13.2 Å². The van der Waals surface area contributed by atoms with Crippen molar-refractivity contribution < 1.29 is 18.0 Å². The highest BCUT2D eigenvalue weighted by Gasteiger charge is 2.33. The van der Waals surface area contributed by atoms with Gasteiger partial charge in [0, 0.05) is 51.7 Å². The van der Waals surface area contributed by atoms with Gasteiger partial charge in [0.1, 0.15) is 0 Å². The molecular formula is C13H16F3N5O. The van der Waals surface area contributed by atoms with Crippen LogP contribution in [0.2, 0.25) is 0 Å². The first-order valence-corrected chi connectivity index (χ1v) is 7.09. The summed E-state index contributed by atoms with van der Waals surface area (Å²) < 4.78 is 37.4. The van der Waals surface area contributed by atoms with Crippen LogP contribution in [0, 0.1) is 5.92 Å². The van der Waals surface area contributed by atoms with Gasteiger partial charge in [-0.1, -0.05) is 0 Å². The topological polar surface area (TPSA) is 61.4 Å². The van der Waals surface area contributed by atoms with Gasteiger partial charge < -0.3 is 15.1 Å². The second kappa shape index (κ2) is 5.71. The highest BCUT2D eigenvalue weighted by molar-refractivity contribution is 5.80. The summed E-state index contributed by atoms with van der Waals surface area (Å²) in [5.41, 5.74) is -0.859. The third-order valence-corrected chi connectivity index (χ3v) is 3.97. The summed E-state index contributed by atoms with van der Waals surface area (Å²) in [6.45, 7) is 3.58. The number of rotatable bonds is 2. The fraction of sp³-hybridized carbons (Fsp3) is 0.615. The van der Waals surface area contributed by atoms with Crippen LogP contribution in [0.3, 0.4) is 0 Å². The number of piperazine rings is 1. The van der Waals surface area contributed by atoms with Crippen LogP contribution >= 0.6 is 0 Å². The number of carbonyl (C=O) groups excluding carboxylic acids is 1. The van der Waals surface area contributed by atoms with Gasteiger partial charge in [-0.15, -0.1) is 0 Å². The Morgan fingerprint density at radius 3 is 2.18 bits per heavy atom. The van der Waals surface area contributed by atoms with Gasteiger partial charge in [0.25, 0.3) is 0 Å². The van der Waals surface area contributed by atoms with E-state index in [1.807, 2.05) is 0 Å². The number of alkyl halides is 3. The van der Waals surface area contributed by atoms with E-state index in [1.54, 1.807) is 9.80 Å². The molecule has 2 fully saturated rings. The molecule has 22 heavy (non-hydrogen) atoms. The van der Waals surface area contributed by atoms with Crippen molar-refractivity contribution in [1.29, 1.82) is 0 Å². The molecule has 1 N–H and O–H groups in total. The van der Waals surface area contributed by atoms with Gasteiger partial charge >= 0.3 is 6.18 Å². The number of amides is 1. The van der Waals surface area contributed by atoms with E-state index in [0.717, 1.165) is 25.5 Å². The molecule has 0 aromatic carbocycles. The average molecular weight is 315 g/mol. The summed E-state index contributed by atoms with van der Waals surface area (Å²) in [6, 6.07) is 0. The van der Waals surface area contributed by atoms with Crippen LogP contribution in [-0.2, 0) is 11.0 Å². The smallest absolute Gasteiger partial charge is 0.339 e. The first kappa shape index (κ1) is 15.0. The van der Waals surface area contributed by atoms with E-state index >= 15 is 0 Å². The second-order valence-corrected chi connectivity index (χ2v) is 5.44.